The predicted octanol–water partition coefficient (Wildman–Crippen LogP) is 3.42. The highest BCUT2D eigenvalue weighted by Gasteiger charge is 2.15. The molecule has 0 amide bonds. The van der Waals surface area contributed by atoms with Gasteiger partial charge in [-0.1, -0.05) is 58.5 Å². The zero-order valence-corrected chi connectivity index (χ0v) is 9.69. The van der Waals surface area contributed by atoms with Gasteiger partial charge in [0.1, 0.15) is 0 Å². The lowest BCUT2D eigenvalue weighted by Gasteiger charge is -2.17. The molecule has 1 unspecified atom stereocenters. The van der Waals surface area contributed by atoms with Crippen LogP contribution in [0.25, 0.3) is 0 Å². The summed E-state index contributed by atoms with van der Waals surface area (Å²) in [5, 5.41) is 0. The first-order valence-corrected chi connectivity index (χ1v) is 5.47. The highest BCUT2D eigenvalue weighted by molar-refractivity contribution is 14.1. The molecule has 0 aromatic heterocycles. The fourth-order valence-electron chi connectivity index (χ4n) is 0.588. The average molecular weight is 338 g/mol. The van der Waals surface area contributed by atoms with Gasteiger partial charge in [0.15, 0.2) is 0 Å². The third kappa shape index (κ3) is 4.35. The smallest absolute Gasteiger partial charge is 0.0283 e. The average Bonchev–Trinajstić information content (AvgIpc) is 1.67. The van der Waals surface area contributed by atoms with Crippen LogP contribution in [-0.2, 0) is 0 Å². The first-order chi connectivity index (χ1) is 3.62. The number of rotatable bonds is 3. The summed E-state index contributed by atoms with van der Waals surface area (Å²) in [5.41, 5.74) is 0. The summed E-state index contributed by atoms with van der Waals surface area (Å²) in [6.07, 6.45) is 2.65. The van der Waals surface area contributed by atoms with E-state index in [1.807, 2.05) is 0 Å². The Bertz CT molecular complexity index is 59.5. The molecule has 0 nitrogen and oxygen atoms in total. The zero-order valence-electron chi connectivity index (χ0n) is 5.38. The van der Waals surface area contributed by atoms with Gasteiger partial charge in [0.2, 0.25) is 0 Å². The highest BCUT2D eigenvalue weighted by atomic mass is 127. The maximum absolute atomic E-state index is 2.53. The summed E-state index contributed by atoms with van der Waals surface area (Å²) < 4.78 is 1.81. The Hall–Kier alpha value is 1.46. The number of hydrogen-bond acceptors (Lipinski definition) is 0. The molecule has 0 aromatic carbocycles. The van der Waals surface area contributed by atoms with Crippen LogP contribution < -0.4 is 0 Å². The molecule has 50 valence electrons. The largest absolute Gasteiger partial charge is 0.0849 e. The minimum absolute atomic E-state index is 0.549. The molecule has 0 aromatic rings. The Labute approximate surface area is 79.1 Å². The van der Waals surface area contributed by atoms with Gasteiger partial charge in [-0.15, -0.1) is 0 Å². The lowest BCUT2D eigenvalue weighted by molar-refractivity contribution is 0.670. The van der Waals surface area contributed by atoms with E-state index >= 15 is 0 Å². The van der Waals surface area contributed by atoms with Crippen LogP contribution in [0.4, 0.5) is 0 Å². The molecule has 0 spiro atoms. The van der Waals surface area contributed by atoms with Gasteiger partial charge < -0.3 is 0 Å². The van der Waals surface area contributed by atoms with Crippen molar-refractivity contribution in [2.24, 2.45) is 0 Å². The molecule has 0 fully saturated rings. The summed E-state index contributed by atoms with van der Waals surface area (Å²) in [4.78, 5) is 0. The van der Waals surface area contributed by atoms with Gasteiger partial charge in [-0.25, -0.2) is 0 Å². The van der Waals surface area contributed by atoms with Crippen molar-refractivity contribution in [1.82, 2.24) is 0 Å². The monoisotopic (exact) mass is 338 g/mol. The molecule has 0 aliphatic carbocycles. The van der Waals surface area contributed by atoms with Gasteiger partial charge in [0.25, 0.3) is 0 Å². The molecule has 0 saturated heterocycles. The second kappa shape index (κ2) is 4.30. The fraction of sp³-hybridized carbons (Fsp3) is 1.00. The Morgan fingerprint density at radius 1 is 1.50 bits per heavy atom. The highest BCUT2D eigenvalue weighted by Crippen LogP contribution is 2.26. The second-order valence-corrected chi connectivity index (χ2v) is 5.66. The minimum Gasteiger partial charge on any atom is -0.0849 e. The van der Waals surface area contributed by atoms with Gasteiger partial charge in [0, 0.05) is 7.85 Å². The summed E-state index contributed by atoms with van der Waals surface area (Å²) in [7, 11) is 0. The third-order valence-corrected chi connectivity index (χ3v) is 5.11. The van der Waals surface area contributed by atoms with Gasteiger partial charge >= 0.3 is 0 Å². The Kier molecular flexibility index (Phi) is 5.09. The lowest BCUT2D eigenvalue weighted by atomic mass is 10.1. The summed E-state index contributed by atoms with van der Waals surface area (Å²) in [6.45, 7) is 4.55. The zero-order chi connectivity index (χ0) is 6.62. The first-order valence-electron chi connectivity index (χ1n) is 2.87. The van der Waals surface area contributed by atoms with Crippen molar-refractivity contribution in [3.63, 3.8) is 0 Å². The van der Waals surface area contributed by atoms with E-state index in [2.05, 4.69) is 59.0 Å². The van der Waals surface area contributed by atoms with Crippen molar-refractivity contribution in [2.75, 3.05) is 4.43 Å². The van der Waals surface area contributed by atoms with Gasteiger partial charge in [-0.05, 0) is 13.3 Å². The summed E-state index contributed by atoms with van der Waals surface area (Å²) in [6, 6.07) is 0. The number of alkyl halides is 2. The van der Waals surface area contributed by atoms with Crippen molar-refractivity contribution < 1.29 is 0 Å². The van der Waals surface area contributed by atoms with Crippen LogP contribution in [0.1, 0.15) is 26.7 Å². The van der Waals surface area contributed by atoms with Crippen LogP contribution in [0.3, 0.4) is 0 Å². The second-order valence-electron chi connectivity index (χ2n) is 2.30. The molecule has 8 heavy (non-hydrogen) atoms. The van der Waals surface area contributed by atoms with Crippen molar-refractivity contribution in [3.8, 4) is 0 Å². The molecular formula is C6H12I2. The molecule has 0 saturated carbocycles. The normalized spacial score (nSPS) is 18.0. The van der Waals surface area contributed by atoms with Gasteiger partial charge in [0.05, 0.1) is 0 Å². The molecule has 0 aliphatic heterocycles. The van der Waals surface area contributed by atoms with Crippen LogP contribution in [0.5, 0.6) is 0 Å². The van der Waals surface area contributed by atoms with Crippen LogP contribution in [-0.4, -0.2) is 7.85 Å². The Balaban J connectivity index is 3.37. The van der Waals surface area contributed by atoms with E-state index in [1.165, 1.54) is 17.3 Å². The van der Waals surface area contributed by atoms with E-state index in [1.54, 1.807) is 0 Å². The van der Waals surface area contributed by atoms with Crippen LogP contribution in [0.15, 0.2) is 0 Å². The van der Waals surface area contributed by atoms with E-state index in [0.29, 0.717) is 3.42 Å². The molecule has 0 N–H and O–H groups in total. The summed E-state index contributed by atoms with van der Waals surface area (Å²) >= 11 is 4.98. The molecule has 0 heterocycles. The molecule has 2 heteroatoms. The standard InChI is InChI=1S/C6H12I2/c1-3-4-6(2,8)5-7/h3-5H2,1-2H3. The summed E-state index contributed by atoms with van der Waals surface area (Å²) in [5.74, 6) is 0. The van der Waals surface area contributed by atoms with E-state index in [-0.39, 0.29) is 0 Å². The fourth-order valence-corrected chi connectivity index (χ4v) is 1.51. The Morgan fingerprint density at radius 2 is 2.00 bits per heavy atom. The molecule has 1 atom stereocenters. The van der Waals surface area contributed by atoms with Gasteiger partial charge in [-0.3, -0.25) is 0 Å². The topological polar surface area (TPSA) is 0 Å². The van der Waals surface area contributed by atoms with E-state index < -0.39 is 0 Å². The molecule has 0 radical (unpaired) electrons. The van der Waals surface area contributed by atoms with E-state index in [4.69, 9.17) is 0 Å². The van der Waals surface area contributed by atoms with Crippen molar-refractivity contribution >= 4 is 45.2 Å². The molecule has 0 rings (SSSR count). The minimum atomic E-state index is 0.549. The van der Waals surface area contributed by atoms with E-state index in [0.717, 1.165) is 0 Å². The number of halogens is 2. The van der Waals surface area contributed by atoms with Crippen LogP contribution in [0.2, 0.25) is 0 Å². The quantitative estimate of drug-likeness (QED) is 0.547. The van der Waals surface area contributed by atoms with Crippen molar-refractivity contribution in [2.45, 2.75) is 30.1 Å². The van der Waals surface area contributed by atoms with E-state index in [9.17, 15) is 0 Å². The van der Waals surface area contributed by atoms with Crippen molar-refractivity contribution in [3.05, 3.63) is 0 Å². The maximum atomic E-state index is 2.53. The number of hydrogen-bond donors (Lipinski definition) is 0. The molecule has 0 aliphatic rings. The Morgan fingerprint density at radius 3 is 2.12 bits per heavy atom. The SMILES string of the molecule is CCCC(C)(I)CI. The van der Waals surface area contributed by atoms with Gasteiger partial charge in [-0.2, -0.15) is 0 Å². The molecular weight excluding hydrogens is 326 g/mol. The lowest BCUT2D eigenvalue weighted by Crippen LogP contribution is -2.15. The van der Waals surface area contributed by atoms with Crippen LogP contribution in [0, 0.1) is 0 Å². The van der Waals surface area contributed by atoms with Crippen LogP contribution >= 0.6 is 45.2 Å². The third-order valence-electron chi connectivity index (χ3n) is 1.05. The van der Waals surface area contributed by atoms with Crippen molar-refractivity contribution in [1.29, 1.82) is 0 Å². The first kappa shape index (κ1) is 9.46. The maximum Gasteiger partial charge on any atom is 0.0283 e. The molecule has 0 bridgehead atoms. The predicted molar refractivity (Wildman–Crippen MR) is 56.2 cm³/mol.